The Balaban J connectivity index is 1.13. The van der Waals surface area contributed by atoms with Crippen molar-refractivity contribution >= 4 is 63.8 Å². The van der Waals surface area contributed by atoms with Crippen molar-refractivity contribution < 1.29 is 0 Å². The molecule has 4 bridgehead atoms. The Labute approximate surface area is 313 Å². The van der Waals surface area contributed by atoms with Crippen molar-refractivity contribution in [3.8, 4) is 33.4 Å². The second-order valence-corrected chi connectivity index (χ2v) is 17.8. The number of benzene rings is 8. The van der Waals surface area contributed by atoms with E-state index in [4.69, 9.17) is 0 Å². The lowest BCUT2D eigenvalue weighted by atomic mass is 9.43. The van der Waals surface area contributed by atoms with Crippen LogP contribution in [0.1, 0.15) is 43.2 Å². The van der Waals surface area contributed by atoms with E-state index in [9.17, 15) is 0 Å². The molecule has 5 aliphatic rings. The molecular weight excluding hydrogens is 657 g/mol. The molecule has 0 aliphatic heterocycles. The van der Waals surface area contributed by atoms with E-state index in [0.717, 1.165) is 23.7 Å². The lowest BCUT2D eigenvalue weighted by molar-refractivity contribution is -0.0393. The molecule has 1 heterocycles. The molecule has 0 saturated heterocycles. The van der Waals surface area contributed by atoms with Crippen molar-refractivity contribution in [3.05, 3.63) is 157 Å². The molecule has 53 heavy (non-hydrogen) atoms. The first-order chi connectivity index (χ1) is 26.3. The molecule has 4 saturated carbocycles. The molecule has 1 aromatic heterocycles. The lowest BCUT2D eigenvalue weighted by Crippen LogP contribution is -2.55. The fourth-order valence-corrected chi connectivity index (χ4v) is 14.0. The minimum absolute atomic E-state index is 0.0974. The first kappa shape index (κ1) is 29.2. The first-order valence-electron chi connectivity index (χ1n) is 19.8. The van der Waals surface area contributed by atoms with Gasteiger partial charge in [0.1, 0.15) is 0 Å². The Hall–Kier alpha value is -5.24. The van der Waals surface area contributed by atoms with E-state index in [1.165, 1.54) is 118 Å². The van der Waals surface area contributed by atoms with Crippen LogP contribution in [0, 0.1) is 23.7 Å². The van der Waals surface area contributed by atoms with Gasteiger partial charge in [-0.1, -0.05) is 133 Å². The summed E-state index contributed by atoms with van der Waals surface area (Å²) in [7, 11) is 0. The van der Waals surface area contributed by atoms with Gasteiger partial charge in [0.25, 0.3) is 0 Å². The van der Waals surface area contributed by atoms with Crippen LogP contribution in [0.2, 0.25) is 0 Å². The molecule has 1 heteroatoms. The molecule has 14 rings (SSSR count). The summed E-state index contributed by atoms with van der Waals surface area (Å²) in [5.41, 5.74) is 11.8. The Bertz CT molecular complexity index is 2940. The lowest BCUT2D eigenvalue weighted by Gasteiger charge is -2.61. The second kappa shape index (κ2) is 10.5. The van der Waals surface area contributed by atoms with Crippen LogP contribution < -0.4 is 0 Å². The minimum Gasteiger partial charge on any atom is -0.135 e. The summed E-state index contributed by atoms with van der Waals surface area (Å²) >= 11 is 1.91. The highest BCUT2D eigenvalue weighted by atomic mass is 32.1. The number of hydrogen-bond acceptors (Lipinski definition) is 1. The zero-order chi connectivity index (χ0) is 34.4. The van der Waals surface area contributed by atoms with Gasteiger partial charge in [0, 0.05) is 25.6 Å². The third-order valence-electron chi connectivity index (χ3n) is 14.4. The second-order valence-electron chi connectivity index (χ2n) is 16.8. The maximum absolute atomic E-state index is 2.56. The fraction of sp³-hybridized carbons (Fsp3) is 0.192. The summed E-state index contributed by atoms with van der Waals surface area (Å²) in [6.07, 6.45) is 7.04. The van der Waals surface area contributed by atoms with Crippen molar-refractivity contribution in [2.45, 2.75) is 37.5 Å². The highest BCUT2D eigenvalue weighted by Gasteiger charge is 2.62. The standard InChI is InChI=1S/C52H38S/c1-2-11-36-32(10-1)20-23-44-50-43(17-9-18-45(50)52(51(36)44)34-25-30-24-31(27-34)28-35(52)26-30)49-41-15-5-3-13-39(41)48(40-14-4-6-16-42(40)49)33-21-22-38-37-12-7-8-19-46(37)53-47(38)29-33/h1-23,29-31,34-35H,24-28H2. The number of fused-ring (bicyclic) bond motifs is 10. The van der Waals surface area contributed by atoms with Gasteiger partial charge >= 0.3 is 0 Å². The third-order valence-corrected chi connectivity index (χ3v) is 15.5. The van der Waals surface area contributed by atoms with Crippen LogP contribution in [0.5, 0.6) is 0 Å². The molecule has 0 atom stereocenters. The summed E-state index contributed by atoms with van der Waals surface area (Å²) < 4.78 is 2.71. The van der Waals surface area contributed by atoms with Crippen LogP contribution >= 0.6 is 11.3 Å². The zero-order valence-electron chi connectivity index (χ0n) is 29.6. The van der Waals surface area contributed by atoms with Gasteiger partial charge in [-0.05, 0) is 145 Å². The van der Waals surface area contributed by atoms with Crippen LogP contribution in [0.4, 0.5) is 0 Å². The topological polar surface area (TPSA) is 0 Å². The summed E-state index contributed by atoms with van der Waals surface area (Å²) in [6, 6.07) is 56.2. The molecule has 9 aromatic rings. The van der Waals surface area contributed by atoms with Crippen molar-refractivity contribution in [3.63, 3.8) is 0 Å². The smallest absolute Gasteiger partial charge is 0.0361 e. The largest absolute Gasteiger partial charge is 0.135 e. The number of rotatable bonds is 2. The minimum atomic E-state index is 0.0974. The molecule has 0 unspecified atom stereocenters. The van der Waals surface area contributed by atoms with E-state index in [2.05, 4.69) is 146 Å². The van der Waals surface area contributed by atoms with E-state index in [1.807, 2.05) is 11.3 Å². The van der Waals surface area contributed by atoms with Gasteiger partial charge in [0.2, 0.25) is 0 Å². The van der Waals surface area contributed by atoms with Crippen molar-refractivity contribution in [1.29, 1.82) is 0 Å². The van der Waals surface area contributed by atoms with Crippen LogP contribution in [0.25, 0.3) is 85.9 Å². The van der Waals surface area contributed by atoms with Crippen LogP contribution in [-0.4, -0.2) is 0 Å². The first-order valence-corrected chi connectivity index (χ1v) is 20.6. The van der Waals surface area contributed by atoms with Gasteiger partial charge in [0.15, 0.2) is 0 Å². The Morgan fingerprint density at radius 1 is 0.415 bits per heavy atom. The third kappa shape index (κ3) is 3.72. The average molecular weight is 695 g/mol. The zero-order valence-corrected chi connectivity index (χ0v) is 30.4. The van der Waals surface area contributed by atoms with Gasteiger partial charge in [-0.2, -0.15) is 0 Å². The Kier molecular flexibility index (Phi) is 5.77. The van der Waals surface area contributed by atoms with Crippen LogP contribution in [-0.2, 0) is 5.41 Å². The van der Waals surface area contributed by atoms with Gasteiger partial charge in [-0.25, -0.2) is 0 Å². The van der Waals surface area contributed by atoms with E-state index in [0.29, 0.717) is 0 Å². The highest BCUT2D eigenvalue weighted by Crippen LogP contribution is 2.71. The van der Waals surface area contributed by atoms with Crippen LogP contribution in [0.3, 0.4) is 0 Å². The van der Waals surface area contributed by atoms with Gasteiger partial charge in [-0.3, -0.25) is 0 Å². The molecule has 1 spiro atoms. The predicted molar refractivity (Wildman–Crippen MR) is 226 cm³/mol. The SMILES string of the molecule is c1cc(-c2c3ccccc3c(-c3ccc4c(c3)sc3ccccc34)c3ccccc23)c2c(c1)C1(c3c-2ccc2ccccc32)C2CC3CC(C2)CC1C3. The molecule has 0 N–H and O–H groups in total. The van der Waals surface area contributed by atoms with E-state index in [-0.39, 0.29) is 5.41 Å². The maximum atomic E-state index is 2.56. The average Bonchev–Trinajstić information content (AvgIpc) is 3.72. The molecule has 0 radical (unpaired) electrons. The normalized spacial score (nSPS) is 23.9. The van der Waals surface area contributed by atoms with Crippen molar-refractivity contribution in [2.24, 2.45) is 23.7 Å². The summed E-state index contributed by atoms with van der Waals surface area (Å²) in [5.74, 6) is 3.28. The van der Waals surface area contributed by atoms with Gasteiger partial charge in [-0.15, -0.1) is 11.3 Å². The summed E-state index contributed by atoms with van der Waals surface area (Å²) in [5, 5.41) is 10.9. The fourth-order valence-electron chi connectivity index (χ4n) is 12.8. The van der Waals surface area contributed by atoms with E-state index >= 15 is 0 Å². The maximum Gasteiger partial charge on any atom is 0.0361 e. The molecule has 252 valence electrons. The number of hydrogen-bond donors (Lipinski definition) is 0. The molecular formula is C52H38S. The summed E-state index contributed by atoms with van der Waals surface area (Å²) in [6.45, 7) is 0. The predicted octanol–water partition coefficient (Wildman–Crippen LogP) is 14.6. The van der Waals surface area contributed by atoms with E-state index < -0.39 is 0 Å². The van der Waals surface area contributed by atoms with E-state index in [1.54, 1.807) is 11.1 Å². The highest BCUT2D eigenvalue weighted by molar-refractivity contribution is 7.25. The van der Waals surface area contributed by atoms with Crippen LogP contribution in [0.15, 0.2) is 146 Å². The van der Waals surface area contributed by atoms with Gasteiger partial charge in [0.05, 0.1) is 0 Å². The molecule has 5 aliphatic carbocycles. The Morgan fingerprint density at radius 2 is 1.02 bits per heavy atom. The number of thiophene rings is 1. The molecule has 8 aromatic carbocycles. The van der Waals surface area contributed by atoms with Crippen molar-refractivity contribution in [2.75, 3.05) is 0 Å². The van der Waals surface area contributed by atoms with Crippen molar-refractivity contribution in [1.82, 2.24) is 0 Å². The molecule has 0 amide bonds. The summed E-state index contributed by atoms with van der Waals surface area (Å²) in [4.78, 5) is 0. The monoisotopic (exact) mass is 694 g/mol. The van der Waals surface area contributed by atoms with Gasteiger partial charge < -0.3 is 0 Å². The quantitative estimate of drug-likeness (QED) is 0.158. The molecule has 4 fully saturated rings. The Morgan fingerprint density at radius 3 is 1.74 bits per heavy atom. The molecule has 0 nitrogen and oxygen atoms in total.